The van der Waals surface area contributed by atoms with Gasteiger partial charge < -0.3 is 5.32 Å². The van der Waals surface area contributed by atoms with Crippen LogP contribution in [0, 0.1) is 5.92 Å². The molecule has 1 N–H and O–H groups in total. The van der Waals surface area contributed by atoms with Crippen molar-refractivity contribution in [3.8, 4) is 0 Å². The zero-order chi connectivity index (χ0) is 12.1. The average Bonchev–Trinajstić information content (AvgIpc) is 2.24. The van der Waals surface area contributed by atoms with Gasteiger partial charge in [-0.15, -0.1) is 0 Å². The Morgan fingerprint density at radius 3 is 2.69 bits per heavy atom. The molecule has 1 atom stereocenters. The van der Waals surface area contributed by atoms with Gasteiger partial charge in [0, 0.05) is 0 Å². The molecule has 0 saturated heterocycles. The van der Waals surface area contributed by atoms with E-state index < -0.39 is 0 Å². The molecule has 0 spiro atoms. The molecule has 88 valence electrons. The smallest absolute Gasteiger partial charge is 0.197 e. The third-order valence-electron chi connectivity index (χ3n) is 2.19. The lowest BCUT2D eigenvalue weighted by Crippen LogP contribution is -2.36. The van der Waals surface area contributed by atoms with E-state index in [0.717, 1.165) is 6.54 Å². The van der Waals surface area contributed by atoms with Crippen molar-refractivity contribution in [2.75, 3.05) is 6.54 Å². The summed E-state index contributed by atoms with van der Waals surface area (Å²) in [5.41, 5.74) is 0.498. The molecule has 1 rings (SSSR count). The molecule has 0 saturated carbocycles. The summed E-state index contributed by atoms with van der Waals surface area (Å²) in [6.45, 7) is 6.93. The number of rotatable bonds is 5. The zero-order valence-electron chi connectivity index (χ0n) is 9.83. The summed E-state index contributed by atoms with van der Waals surface area (Å²) < 4.78 is 0.689. The fourth-order valence-corrected chi connectivity index (χ4v) is 1.62. The SMILES string of the molecule is CC(C)CNC(C)C(=O)c1cccc(Br)n1. The molecule has 0 bridgehead atoms. The molecule has 0 aliphatic heterocycles. The third kappa shape index (κ3) is 4.02. The van der Waals surface area contributed by atoms with Gasteiger partial charge in [-0.05, 0) is 47.4 Å². The molecule has 0 amide bonds. The van der Waals surface area contributed by atoms with Crippen LogP contribution in [0.2, 0.25) is 0 Å². The van der Waals surface area contributed by atoms with Gasteiger partial charge in [0.2, 0.25) is 0 Å². The lowest BCUT2D eigenvalue weighted by molar-refractivity contribution is 0.0944. The van der Waals surface area contributed by atoms with Crippen LogP contribution in [0.3, 0.4) is 0 Å². The van der Waals surface area contributed by atoms with Gasteiger partial charge in [0.25, 0.3) is 0 Å². The van der Waals surface area contributed by atoms with E-state index in [4.69, 9.17) is 0 Å². The van der Waals surface area contributed by atoms with E-state index >= 15 is 0 Å². The Bertz CT molecular complexity index is 366. The molecule has 1 aromatic rings. The number of nitrogens with zero attached hydrogens (tertiary/aromatic N) is 1. The Morgan fingerprint density at radius 1 is 1.44 bits per heavy atom. The molecular formula is C12H17BrN2O. The van der Waals surface area contributed by atoms with Gasteiger partial charge >= 0.3 is 0 Å². The number of carbonyl (C=O) groups is 1. The number of ketones is 1. The second kappa shape index (κ2) is 6.11. The van der Waals surface area contributed by atoms with Gasteiger partial charge in [-0.1, -0.05) is 19.9 Å². The monoisotopic (exact) mass is 284 g/mol. The molecule has 1 aromatic heterocycles. The van der Waals surface area contributed by atoms with Gasteiger partial charge in [0.05, 0.1) is 6.04 Å². The highest BCUT2D eigenvalue weighted by Gasteiger charge is 2.16. The Labute approximate surface area is 105 Å². The Morgan fingerprint density at radius 2 is 2.12 bits per heavy atom. The van der Waals surface area contributed by atoms with Crippen LogP contribution in [0.15, 0.2) is 22.8 Å². The van der Waals surface area contributed by atoms with E-state index in [9.17, 15) is 4.79 Å². The number of nitrogens with one attached hydrogen (secondary N) is 1. The van der Waals surface area contributed by atoms with Crippen molar-refractivity contribution in [2.24, 2.45) is 5.92 Å². The Hall–Kier alpha value is -0.740. The maximum Gasteiger partial charge on any atom is 0.197 e. The van der Waals surface area contributed by atoms with E-state index in [2.05, 4.69) is 40.1 Å². The maximum atomic E-state index is 12.0. The molecule has 1 heterocycles. The predicted octanol–water partition coefficient (Wildman–Crippen LogP) is 2.66. The number of aromatic nitrogens is 1. The minimum Gasteiger partial charge on any atom is -0.307 e. The summed E-state index contributed by atoms with van der Waals surface area (Å²) in [6.07, 6.45) is 0. The first-order chi connectivity index (χ1) is 7.50. The van der Waals surface area contributed by atoms with Crippen LogP contribution in [0.25, 0.3) is 0 Å². The lowest BCUT2D eigenvalue weighted by atomic mass is 10.1. The number of Topliss-reactive ketones (excluding diaryl/α,β-unsaturated/α-hetero) is 1. The van der Waals surface area contributed by atoms with Crippen LogP contribution in [0.5, 0.6) is 0 Å². The lowest BCUT2D eigenvalue weighted by Gasteiger charge is -2.14. The van der Waals surface area contributed by atoms with E-state index in [1.807, 2.05) is 19.1 Å². The van der Waals surface area contributed by atoms with Gasteiger partial charge in [0.1, 0.15) is 10.3 Å². The number of hydrogen-bond donors (Lipinski definition) is 1. The van der Waals surface area contributed by atoms with Crippen molar-refractivity contribution in [3.63, 3.8) is 0 Å². The van der Waals surface area contributed by atoms with Gasteiger partial charge in [-0.2, -0.15) is 0 Å². The average molecular weight is 285 g/mol. The highest BCUT2D eigenvalue weighted by Crippen LogP contribution is 2.08. The van der Waals surface area contributed by atoms with Crippen molar-refractivity contribution >= 4 is 21.7 Å². The summed E-state index contributed by atoms with van der Waals surface area (Å²) in [7, 11) is 0. The number of carbonyl (C=O) groups excluding carboxylic acids is 1. The second-order valence-corrected chi connectivity index (χ2v) is 5.05. The summed E-state index contributed by atoms with van der Waals surface area (Å²) in [4.78, 5) is 16.1. The van der Waals surface area contributed by atoms with Crippen molar-refractivity contribution in [2.45, 2.75) is 26.8 Å². The highest BCUT2D eigenvalue weighted by atomic mass is 79.9. The Kier molecular flexibility index (Phi) is 5.09. The van der Waals surface area contributed by atoms with E-state index in [0.29, 0.717) is 16.2 Å². The van der Waals surface area contributed by atoms with Crippen LogP contribution >= 0.6 is 15.9 Å². The molecule has 3 nitrogen and oxygen atoms in total. The van der Waals surface area contributed by atoms with Crippen LogP contribution in [-0.4, -0.2) is 23.4 Å². The minimum absolute atomic E-state index is 0.0296. The molecule has 1 unspecified atom stereocenters. The fraction of sp³-hybridized carbons (Fsp3) is 0.500. The first-order valence-corrected chi connectivity index (χ1v) is 6.20. The molecule has 0 radical (unpaired) electrons. The van der Waals surface area contributed by atoms with Crippen molar-refractivity contribution < 1.29 is 4.79 Å². The molecule has 4 heteroatoms. The van der Waals surface area contributed by atoms with E-state index in [1.54, 1.807) is 6.07 Å². The Balaban J connectivity index is 2.63. The quantitative estimate of drug-likeness (QED) is 0.668. The van der Waals surface area contributed by atoms with Crippen molar-refractivity contribution in [1.82, 2.24) is 10.3 Å². The number of halogens is 1. The van der Waals surface area contributed by atoms with Crippen molar-refractivity contribution in [1.29, 1.82) is 0 Å². The second-order valence-electron chi connectivity index (χ2n) is 4.23. The van der Waals surface area contributed by atoms with Crippen molar-refractivity contribution in [3.05, 3.63) is 28.5 Å². The number of pyridine rings is 1. The van der Waals surface area contributed by atoms with Gasteiger partial charge in [-0.3, -0.25) is 4.79 Å². The molecule has 0 aromatic carbocycles. The molecule has 0 fully saturated rings. The summed E-state index contributed by atoms with van der Waals surface area (Å²) >= 11 is 3.26. The fourth-order valence-electron chi connectivity index (χ4n) is 1.27. The standard InChI is InChI=1S/C12H17BrN2O/c1-8(2)7-14-9(3)12(16)10-5-4-6-11(13)15-10/h4-6,8-9,14H,7H2,1-3H3. The van der Waals surface area contributed by atoms with Crippen LogP contribution < -0.4 is 5.32 Å². The van der Waals surface area contributed by atoms with E-state index in [1.165, 1.54) is 0 Å². The van der Waals surface area contributed by atoms with Crippen LogP contribution in [-0.2, 0) is 0 Å². The number of hydrogen-bond acceptors (Lipinski definition) is 3. The highest BCUT2D eigenvalue weighted by molar-refractivity contribution is 9.10. The first-order valence-electron chi connectivity index (χ1n) is 5.41. The summed E-state index contributed by atoms with van der Waals surface area (Å²) in [5.74, 6) is 0.563. The summed E-state index contributed by atoms with van der Waals surface area (Å²) in [6, 6.07) is 5.17. The maximum absolute atomic E-state index is 12.0. The molecule has 16 heavy (non-hydrogen) atoms. The summed E-state index contributed by atoms with van der Waals surface area (Å²) in [5, 5.41) is 3.19. The van der Waals surface area contributed by atoms with Crippen LogP contribution in [0.1, 0.15) is 31.3 Å². The van der Waals surface area contributed by atoms with Gasteiger partial charge in [-0.25, -0.2) is 4.98 Å². The minimum atomic E-state index is -0.191. The van der Waals surface area contributed by atoms with E-state index in [-0.39, 0.29) is 11.8 Å². The largest absolute Gasteiger partial charge is 0.307 e. The molecular weight excluding hydrogens is 268 g/mol. The van der Waals surface area contributed by atoms with Crippen LogP contribution in [0.4, 0.5) is 0 Å². The zero-order valence-corrected chi connectivity index (χ0v) is 11.4. The molecule has 0 aliphatic carbocycles. The first kappa shape index (κ1) is 13.3. The predicted molar refractivity (Wildman–Crippen MR) is 68.6 cm³/mol. The third-order valence-corrected chi connectivity index (χ3v) is 2.63. The van der Waals surface area contributed by atoms with Gasteiger partial charge in [0.15, 0.2) is 5.78 Å². The topological polar surface area (TPSA) is 42.0 Å². The normalized spacial score (nSPS) is 12.8. The molecule has 0 aliphatic rings.